The summed E-state index contributed by atoms with van der Waals surface area (Å²) in [5.41, 5.74) is -6.22. The molecule has 1 aliphatic heterocycles. The molecular weight excluding hydrogens is 502 g/mol. The van der Waals surface area contributed by atoms with Crippen molar-refractivity contribution in [1.29, 1.82) is 0 Å². The molecule has 0 saturated carbocycles. The van der Waals surface area contributed by atoms with E-state index in [9.17, 15) is 31.4 Å². The van der Waals surface area contributed by atoms with Gasteiger partial charge in [0.25, 0.3) is 5.60 Å². The largest absolute Gasteiger partial charge is 0.430 e. The van der Waals surface area contributed by atoms with Crippen LogP contribution < -0.4 is 4.90 Å². The number of hydrogen-bond acceptors (Lipinski definition) is 6. The maximum atomic E-state index is 13.3. The first-order valence-electron chi connectivity index (χ1n) is 10.3. The average Bonchev–Trinajstić information content (AvgIpc) is 3.30. The zero-order chi connectivity index (χ0) is 25.6. The number of aliphatic hydroxyl groups excluding tert-OH is 1. The van der Waals surface area contributed by atoms with E-state index < -0.39 is 30.1 Å². The number of rotatable bonds is 4. The van der Waals surface area contributed by atoms with Gasteiger partial charge in [0.15, 0.2) is 0 Å². The van der Waals surface area contributed by atoms with E-state index in [-0.39, 0.29) is 5.56 Å². The summed E-state index contributed by atoms with van der Waals surface area (Å²) in [6.45, 7) is 5.51. The van der Waals surface area contributed by atoms with E-state index in [0.717, 1.165) is 10.3 Å². The molecule has 2 aromatic rings. The number of aliphatic hydroxyl groups is 2. The summed E-state index contributed by atoms with van der Waals surface area (Å²) in [4.78, 5) is 1.80. The van der Waals surface area contributed by atoms with Crippen LogP contribution in [0.5, 0.6) is 0 Å². The second-order valence-corrected chi connectivity index (χ2v) is 9.18. The first-order valence-corrected chi connectivity index (χ1v) is 11.9. The molecule has 4 nitrogen and oxygen atoms in total. The molecule has 0 amide bonds. The molecule has 0 aliphatic carbocycles. The number of piperazine rings is 1. The molecule has 2 heterocycles. The fraction of sp³-hybridized carbons (Fsp3) is 0.455. The van der Waals surface area contributed by atoms with Crippen LogP contribution in [-0.4, -0.2) is 59.7 Å². The van der Waals surface area contributed by atoms with Crippen molar-refractivity contribution < 1.29 is 36.6 Å². The molecular formula is C22H24F6N2O2S2. The number of thiophene rings is 1. The predicted molar refractivity (Wildman–Crippen MR) is 122 cm³/mol. The highest BCUT2D eigenvalue weighted by Crippen LogP contribution is 2.50. The Hall–Kier alpha value is -1.91. The number of halogens is 6. The number of benzene rings is 1. The van der Waals surface area contributed by atoms with Gasteiger partial charge in [0.1, 0.15) is 6.61 Å². The van der Waals surface area contributed by atoms with Crippen LogP contribution in [0.15, 0.2) is 39.9 Å². The average molecular weight is 527 g/mol. The lowest BCUT2D eigenvalue weighted by atomic mass is 9.90. The van der Waals surface area contributed by atoms with E-state index in [1.807, 2.05) is 31.4 Å². The van der Waals surface area contributed by atoms with E-state index in [0.29, 0.717) is 44.0 Å². The maximum absolute atomic E-state index is 13.3. The van der Waals surface area contributed by atoms with E-state index in [4.69, 9.17) is 5.11 Å². The third-order valence-corrected chi connectivity index (χ3v) is 6.94. The topological polar surface area (TPSA) is 46.9 Å². The van der Waals surface area contributed by atoms with Gasteiger partial charge in [-0.2, -0.15) is 26.3 Å². The molecule has 1 aliphatic rings. The van der Waals surface area contributed by atoms with Crippen molar-refractivity contribution in [3.63, 3.8) is 0 Å². The number of hydrogen-bond donors (Lipinski definition) is 2. The number of nitrogens with zero attached hydrogens (tertiary/aromatic N) is 2. The lowest BCUT2D eigenvalue weighted by molar-refractivity contribution is -0.376. The molecule has 188 valence electrons. The SMILES string of the molecule is CC.OCC#Cc1cc(C(O)(C(F)(F)F)C(F)(F)F)ccc1N1CCN(Sc2cccs2)CC1. The molecule has 2 N–H and O–H groups in total. The van der Waals surface area contributed by atoms with Gasteiger partial charge >= 0.3 is 12.4 Å². The quantitative estimate of drug-likeness (QED) is 0.324. The van der Waals surface area contributed by atoms with Gasteiger partial charge in [-0.3, -0.25) is 0 Å². The molecule has 34 heavy (non-hydrogen) atoms. The van der Waals surface area contributed by atoms with Crippen LogP contribution in [0.25, 0.3) is 0 Å². The van der Waals surface area contributed by atoms with Gasteiger partial charge in [-0.1, -0.05) is 37.8 Å². The molecule has 0 atom stereocenters. The summed E-state index contributed by atoms with van der Waals surface area (Å²) in [5, 5.41) is 20.6. The normalized spacial score (nSPS) is 15.3. The van der Waals surface area contributed by atoms with E-state index in [1.54, 1.807) is 28.2 Å². The summed E-state index contributed by atoms with van der Waals surface area (Å²) >= 11 is 3.17. The second-order valence-electron chi connectivity index (χ2n) is 6.84. The monoisotopic (exact) mass is 526 g/mol. The molecule has 3 rings (SSSR count). The summed E-state index contributed by atoms with van der Waals surface area (Å²) in [6.07, 6.45) is -12.0. The Morgan fingerprint density at radius 2 is 1.62 bits per heavy atom. The minimum absolute atomic E-state index is 0.136. The van der Waals surface area contributed by atoms with Gasteiger partial charge in [-0.15, -0.1) is 11.3 Å². The van der Waals surface area contributed by atoms with Crippen molar-refractivity contribution >= 4 is 29.0 Å². The van der Waals surface area contributed by atoms with Crippen molar-refractivity contribution in [1.82, 2.24) is 4.31 Å². The molecule has 0 bridgehead atoms. The van der Waals surface area contributed by atoms with Crippen LogP contribution in [0.4, 0.5) is 32.0 Å². The Bertz CT molecular complexity index is 962. The van der Waals surface area contributed by atoms with Gasteiger partial charge in [-0.25, -0.2) is 4.31 Å². The number of alkyl halides is 6. The van der Waals surface area contributed by atoms with Gasteiger partial charge in [-0.05, 0) is 35.5 Å². The van der Waals surface area contributed by atoms with Gasteiger partial charge < -0.3 is 15.1 Å². The van der Waals surface area contributed by atoms with Crippen molar-refractivity contribution in [2.75, 3.05) is 37.7 Å². The third kappa shape index (κ3) is 6.20. The molecule has 1 aromatic heterocycles. The lowest BCUT2D eigenvalue weighted by Gasteiger charge is -2.36. The maximum Gasteiger partial charge on any atom is 0.430 e. The van der Waals surface area contributed by atoms with Crippen molar-refractivity contribution in [3.05, 3.63) is 46.8 Å². The van der Waals surface area contributed by atoms with Crippen molar-refractivity contribution in [2.45, 2.75) is 36.0 Å². The Balaban J connectivity index is 0.00000199. The standard InChI is InChI=1S/C20H18F6N2O2S2.C2H6/c21-19(22,23)18(30,20(24,25)26)15-5-6-16(14(13-15)3-1-11-29)27-7-9-28(10-8-27)32-17-4-2-12-31-17;1-2/h2,4-6,12-13,29-30H,7-11H2;1-2H3. The Morgan fingerprint density at radius 3 is 2.12 bits per heavy atom. The second kappa shape index (κ2) is 11.7. The summed E-state index contributed by atoms with van der Waals surface area (Å²) < 4.78 is 82.8. The Morgan fingerprint density at radius 1 is 1.00 bits per heavy atom. The summed E-state index contributed by atoms with van der Waals surface area (Å²) in [5.74, 6) is 4.68. The van der Waals surface area contributed by atoms with Crippen LogP contribution in [-0.2, 0) is 5.60 Å². The number of anilines is 1. The van der Waals surface area contributed by atoms with Crippen LogP contribution in [0.2, 0.25) is 0 Å². The van der Waals surface area contributed by atoms with Gasteiger partial charge in [0.2, 0.25) is 0 Å². The fourth-order valence-electron chi connectivity index (χ4n) is 3.22. The third-order valence-electron chi connectivity index (χ3n) is 4.83. The highest BCUT2D eigenvalue weighted by atomic mass is 32.2. The molecule has 0 spiro atoms. The molecule has 1 aromatic carbocycles. The highest BCUT2D eigenvalue weighted by Gasteiger charge is 2.71. The first kappa shape index (κ1) is 28.3. The Kier molecular flexibility index (Phi) is 9.73. The zero-order valence-corrected chi connectivity index (χ0v) is 20.0. The van der Waals surface area contributed by atoms with Crippen molar-refractivity contribution in [2.24, 2.45) is 0 Å². The van der Waals surface area contributed by atoms with Crippen molar-refractivity contribution in [3.8, 4) is 11.8 Å². The van der Waals surface area contributed by atoms with Crippen LogP contribution in [0.1, 0.15) is 25.0 Å². The van der Waals surface area contributed by atoms with Crippen LogP contribution >= 0.6 is 23.3 Å². The molecule has 0 radical (unpaired) electrons. The smallest absolute Gasteiger partial charge is 0.384 e. The van der Waals surface area contributed by atoms with E-state index >= 15 is 0 Å². The van der Waals surface area contributed by atoms with Gasteiger partial charge in [0.05, 0.1) is 9.90 Å². The summed E-state index contributed by atoms with van der Waals surface area (Å²) in [7, 11) is 0. The highest BCUT2D eigenvalue weighted by molar-refractivity contribution is 7.98. The van der Waals surface area contributed by atoms with Crippen LogP contribution in [0, 0.1) is 11.8 Å². The zero-order valence-electron chi connectivity index (χ0n) is 18.4. The minimum atomic E-state index is -5.99. The van der Waals surface area contributed by atoms with E-state index in [2.05, 4.69) is 16.1 Å². The minimum Gasteiger partial charge on any atom is -0.384 e. The fourth-order valence-corrected chi connectivity index (χ4v) is 5.07. The first-order chi connectivity index (χ1) is 16.0. The molecule has 12 heteroatoms. The molecule has 0 unspecified atom stereocenters. The lowest BCUT2D eigenvalue weighted by Crippen LogP contribution is -2.54. The predicted octanol–water partition coefficient (Wildman–Crippen LogP) is 5.26. The Labute approximate surface area is 202 Å². The van der Waals surface area contributed by atoms with E-state index in [1.165, 1.54) is 0 Å². The molecule has 1 saturated heterocycles. The van der Waals surface area contributed by atoms with Crippen LogP contribution in [0.3, 0.4) is 0 Å². The molecule has 1 fully saturated rings. The van der Waals surface area contributed by atoms with Gasteiger partial charge in [0, 0.05) is 37.3 Å². The summed E-state index contributed by atoms with van der Waals surface area (Å²) in [6, 6.07) is 6.21.